The van der Waals surface area contributed by atoms with Gasteiger partial charge in [-0.25, -0.2) is 4.98 Å². The van der Waals surface area contributed by atoms with E-state index in [1.807, 2.05) is 0 Å². The largest absolute Gasteiger partial charge is 0.381 e. The first kappa shape index (κ1) is 18.5. The van der Waals surface area contributed by atoms with Gasteiger partial charge in [-0.3, -0.25) is 9.59 Å². The minimum atomic E-state index is -0.900. The lowest BCUT2D eigenvalue weighted by Crippen LogP contribution is -2.49. The first-order valence-corrected chi connectivity index (χ1v) is 9.38. The Kier molecular flexibility index (Phi) is 5.05. The van der Waals surface area contributed by atoms with E-state index in [-0.39, 0.29) is 29.9 Å². The fourth-order valence-electron chi connectivity index (χ4n) is 2.44. The molecule has 10 nitrogen and oxygen atoms in total. The van der Waals surface area contributed by atoms with Gasteiger partial charge in [0.2, 0.25) is 11.7 Å². The Bertz CT molecular complexity index is 875. The Labute approximate surface area is 160 Å². The van der Waals surface area contributed by atoms with E-state index < -0.39 is 10.5 Å². The van der Waals surface area contributed by atoms with Crippen LogP contribution in [0.1, 0.15) is 29.2 Å². The Morgan fingerprint density at radius 2 is 2.19 bits per heavy atom. The van der Waals surface area contributed by atoms with Crippen LogP contribution in [0.25, 0.3) is 0 Å². The van der Waals surface area contributed by atoms with Crippen molar-refractivity contribution in [1.82, 2.24) is 25.2 Å². The number of carbonyl (C=O) groups is 2. The summed E-state index contributed by atoms with van der Waals surface area (Å²) < 4.78 is 2.20. The molecule has 2 N–H and O–H groups in total. The molecular weight excluding hydrogens is 428 g/mol. The number of thiazole rings is 1. The van der Waals surface area contributed by atoms with Gasteiger partial charge >= 0.3 is 5.82 Å². The molecular formula is C14H15BrN6O4S. The zero-order chi connectivity index (χ0) is 18.9. The molecule has 0 aliphatic heterocycles. The third kappa shape index (κ3) is 3.90. The standard InChI is InChI=1S/C14H15BrN6O4S/c1-8-17-10(21(24)25)6-20(8)5-4-16-12(23)14(2-3-14)19-11(22)9-7-26-13(15)18-9/h6-7H,2-5H2,1H3,(H,16,23)(H,19,22). The molecule has 2 aromatic rings. The average molecular weight is 443 g/mol. The van der Waals surface area contributed by atoms with Crippen LogP contribution in [-0.4, -0.2) is 43.4 Å². The molecule has 12 heteroatoms. The predicted molar refractivity (Wildman–Crippen MR) is 95.9 cm³/mol. The zero-order valence-electron chi connectivity index (χ0n) is 13.7. The Morgan fingerprint density at radius 3 is 2.73 bits per heavy atom. The van der Waals surface area contributed by atoms with Crippen LogP contribution in [0.5, 0.6) is 0 Å². The van der Waals surface area contributed by atoms with Gasteiger partial charge in [0.25, 0.3) is 5.91 Å². The van der Waals surface area contributed by atoms with E-state index in [0.29, 0.717) is 29.1 Å². The van der Waals surface area contributed by atoms with Gasteiger partial charge in [-0.05, 0) is 38.7 Å². The highest BCUT2D eigenvalue weighted by atomic mass is 79.9. The molecule has 0 atom stereocenters. The summed E-state index contributed by atoms with van der Waals surface area (Å²) in [4.78, 5) is 42.6. The van der Waals surface area contributed by atoms with E-state index in [9.17, 15) is 19.7 Å². The summed E-state index contributed by atoms with van der Waals surface area (Å²) in [6.45, 7) is 2.28. The summed E-state index contributed by atoms with van der Waals surface area (Å²) in [6, 6.07) is 0. The highest BCUT2D eigenvalue weighted by Gasteiger charge is 2.51. The number of hydrogen-bond acceptors (Lipinski definition) is 7. The molecule has 26 heavy (non-hydrogen) atoms. The van der Waals surface area contributed by atoms with E-state index >= 15 is 0 Å². The SMILES string of the molecule is Cc1nc([N+](=O)[O-])cn1CCNC(=O)C1(NC(=O)c2csc(Br)n2)CC1. The van der Waals surface area contributed by atoms with Crippen LogP contribution >= 0.6 is 27.3 Å². The van der Waals surface area contributed by atoms with Gasteiger partial charge in [-0.1, -0.05) is 0 Å². The number of hydrogen-bond donors (Lipinski definition) is 2. The van der Waals surface area contributed by atoms with Crippen LogP contribution in [0.2, 0.25) is 0 Å². The number of amides is 2. The normalized spacial score (nSPS) is 14.7. The molecule has 0 aromatic carbocycles. The number of aryl methyl sites for hydroxylation is 1. The van der Waals surface area contributed by atoms with E-state index in [4.69, 9.17) is 0 Å². The van der Waals surface area contributed by atoms with Gasteiger partial charge in [0, 0.05) is 25.4 Å². The molecule has 3 rings (SSSR count). The van der Waals surface area contributed by atoms with E-state index in [1.54, 1.807) is 16.9 Å². The highest BCUT2D eigenvalue weighted by molar-refractivity contribution is 9.11. The number of aromatic nitrogens is 3. The molecule has 2 heterocycles. The van der Waals surface area contributed by atoms with Crippen molar-refractivity contribution in [2.75, 3.05) is 6.54 Å². The zero-order valence-corrected chi connectivity index (χ0v) is 16.1. The second-order valence-electron chi connectivity index (χ2n) is 5.87. The molecule has 1 aliphatic rings. The average Bonchev–Trinajstić information content (AvgIpc) is 3.07. The minimum Gasteiger partial charge on any atom is -0.358 e. The topological polar surface area (TPSA) is 132 Å². The van der Waals surface area contributed by atoms with E-state index in [2.05, 4.69) is 36.5 Å². The van der Waals surface area contributed by atoms with Gasteiger partial charge in [-0.15, -0.1) is 11.3 Å². The van der Waals surface area contributed by atoms with Crippen molar-refractivity contribution in [2.24, 2.45) is 0 Å². The van der Waals surface area contributed by atoms with Crippen molar-refractivity contribution >= 4 is 44.9 Å². The van der Waals surface area contributed by atoms with E-state index in [0.717, 1.165) is 0 Å². The first-order chi connectivity index (χ1) is 12.3. The van der Waals surface area contributed by atoms with Crippen molar-refractivity contribution in [3.8, 4) is 0 Å². The van der Waals surface area contributed by atoms with Crippen molar-refractivity contribution in [1.29, 1.82) is 0 Å². The minimum absolute atomic E-state index is 0.228. The van der Waals surface area contributed by atoms with Crippen molar-refractivity contribution in [3.63, 3.8) is 0 Å². The third-order valence-electron chi connectivity index (χ3n) is 4.03. The van der Waals surface area contributed by atoms with Crippen LogP contribution in [0.3, 0.4) is 0 Å². The summed E-state index contributed by atoms with van der Waals surface area (Å²) >= 11 is 4.49. The number of carbonyl (C=O) groups excluding carboxylic acids is 2. The Hall–Kier alpha value is -2.34. The van der Waals surface area contributed by atoms with E-state index in [1.165, 1.54) is 17.5 Å². The third-order valence-corrected chi connectivity index (χ3v) is 5.40. The molecule has 138 valence electrons. The van der Waals surface area contributed by atoms with Crippen LogP contribution < -0.4 is 10.6 Å². The van der Waals surface area contributed by atoms with Gasteiger partial charge < -0.3 is 25.3 Å². The lowest BCUT2D eigenvalue weighted by atomic mass is 10.2. The highest BCUT2D eigenvalue weighted by Crippen LogP contribution is 2.36. The molecule has 0 radical (unpaired) electrons. The first-order valence-electron chi connectivity index (χ1n) is 7.71. The number of nitro groups is 1. The smallest absolute Gasteiger partial charge is 0.358 e. The van der Waals surface area contributed by atoms with Crippen molar-refractivity contribution in [2.45, 2.75) is 31.8 Å². The second-order valence-corrected chi connectivity index (χ2v) is 8.01. The number of nitrogens with zero attached hydrogens (tertiary/aromatic N) is 4. The van der Waals surface area contributed by atoms with Gasteiger partial charge in [0.15, 0.2) is 3.92 Å². The Morgan fingerprint density at radius 1 is 1.46 bits per heavy atom. The summed E-state index contributed by atoms with van der Waals surface area (Å²) in [5.74, 6) is -0.392. The number of nitrogens with one attached hydrogen (secondary N) is 2. The molecule has 1 fully saturated rings. The maximum absolute atomic E-state index is 12.4. The molecule has 1 aliphatic carbocycles. The monoisotopic (exact) mass is 442 g/mol. The molecule has 2 aromatic heterocycles. The number of imidazole rings is 1. The quantitative estimate of drug-likeness (QED) is 0.491. The van der Waals surface area contributed by atoms with Crippen LogP contribution in [0.4, 0.5) is 5.82 Å². The van der Waals surface area contributed by atoms with Crippen molar-refractivity contribution < 1.29 is 14.5 Å². The molecule has 2 amide bonds. The maximum atomic E-state index is 12.4. The van der Waals surface area contributed by atoms with Crippen LogP contribution in [0, 0.1) is 17.0 Å². The maximum Gasteiger partial charge on any atom is 0.381 e. The molecule has 0 spiro atoms. The molecule has 1 saturated carbocycles. The summed E-state index contributed by atoms with van der Waals surface area (Å²) in [5.41, 5.74) is -0.634. The van der Waals surface area contributed by atoms with Gasteiger partial charge in [0.1, 0.15) is 17.4 Å². The van der Waals surface area contributed by atoms with Crippen LogP contribution in [-0.2, 0) is 11.3 Å². The number of halogens is 1. The fraction of sp³-hybridized carbons (Fsp3) is 0.429. The lowest BCUT2D eigenvalue weighted by molar-refractivity contribution is -0.389. The number of rotatable bonds is 7. The second kappa shape index (κ2) is 7.11. The van der Waals surface area contributed by atoms with Gasteiger partial charge in [0.05, 0.1) is 0 Å². The summed E-state index contributed by atoms with van der Waals surface area (Å²) in [7, 11) is 0. The van der Waals surface area contributed by atoms with Gasteiger partial charge in [-0.2, -0.15) is 0 Å². The fourth-order valence-corrected chi connectivity index (χ4v) is 3.43. The molecule has 0 bridgehead atoms. The molecule has 0 saturated heterocycles. The van der Waals surface area contributed by atoms with Crippen LogP contribution in [0.15, 0.2) is 15.5 Å². The summed E-state index contributed by atoms with van der Waals surface area (Å²) in [5, 5.41) is 17.8. The summed E-state index contributed by atoms with van der Waals surface area (Å²) in [6.07, 6.45) is 2.45. The lowest BCUT2D eigenvalue weighted by Gasteiger charge is -2.16. The van der Waals surface area contributed by atoms with Crippen molar-refractivity contribution in [3.05, 3.63) is 37.1 Å². The predicted octanol–water partition coefficient (Wildman–Crippen LogP) is 1.40. The molecule has 0 unspecified atom stereocenters. The Balaban J connectivity index is 1.53.